The first kappa shape index (κ1) is 15.7. The summed E-state index contributed by atoms with van der Waals surface area (Å²) in [5, 5.41) is 0. The summed E-state index contributed by atoms with van der Waals surface area (Å²) in [6.07, 6.45) is 2.12. The van der Waals surface area contributed by atoms with Crippen LogP contribution in [-0.2, 0) is 12.8 Å². The molecular formula is C17H19Br2N. The summed E-state index contributed by atoms with van der Waals surface area (Å²) in [6.45, 7) is 4.39. The van der Waals surface area contributed by atoms with Crippen molar-refractivity contribution < 1.29 is 0 Å². The second-order valence-corrected chi connectivity index (χ2v) is 6.65. The summed E-state index contributed by atoms with van der Waals surface area (Å²) in [6, 6.07) is 12.6. The normalized spacial score (nSPS) is 12.4. The van der Waals surface area contributed by atoms with E-state index in [0.29, 0.717) is 0 Å². The highest BCUT2D eigenvalue weighted by molar-refractivity contribution is 9.11. The Morgan fingerprint density at radius 1 is 0.950 bits per heavy atom. The smallest absolute Gasteiger partial charge is 0.0562 e. The fourth-order valence-corrected chi connectivity index (χ4v) is 3.74. The molecule has 2 aromatic rings. The van der Waals surface area contributed by atoms with E-state index in [2.05, 4.69) is 70.0 Å². The van der Waals surface area contributed by atoms with Crippen molar-refractivity contribution in [1.29, 1.82) is 0 Å². The van der Waals surface area contributed by atoms with Gasteiger partial charge < -0.3 is 5.73 Å². The maximum Gasteiger partial charge on any atom is 0.0562 e. The van der Waals surface area contributed by atoms with E-state index >= 15 is 0 Å². The molecule has 2 N–H and O–H groups in total. The Labute approximate surface area is 137 Å². The summed E-state index contributed by atoms with van der Waals surface area (Å²) < 4.78 is 2.09. The monoisotopic (exact) mass is 395 g/mol. The van der Waals surface area contributed by atoms with E-state index in [1.165, 1.54) is 16.7 Å². The van der Waals surface area contributed by atoms with Crippen LogP contribution >= 0.6 is 31.9 Å². The van der Waals surface area contributed by atoms with Gasteiger partial charge in [-0.3, -0.25) is 0 Å². The van der Waals surface area contributed by atoms with E-state index in [1.54, 1.807) is 0 Å². The number of nitrogens with two attached hydrogens (primary N) is 1. The van der Waals surface area contributed by atoms with E-state index in [-0.39, 0.29) is 6.04 Å². The lowest BCUT2D eigenvalue weighted by molar-refractivity contribution is 0.857. The largest absolute Gasteiger partial charge is 0.320 e. The third-order valence-corrected chi connectivity index (χ3v) is 4.83. The van der Waals surface area contributed by atoms with E-state index in [1.807, 2.05) is 12.1 Å². The van der Waals surface area contributed by atoms with Gasteiger partial charge in [0.25, 0.3) is 0 Å². The maximum absolute atomic E-state index is 6.44. The highest BCUT2D eigenvalue weighted by Crippen LogP contribution is 2.30. The molecule has 0 saturated heterocycles. The number of aryl methyl sites for hydroxylation is 2. The lowest BCUT2D eigenvalue weighted by atomic mass is 9.94. The Hall–Kier alpha value is -0.640. The van der Waals surface area contributed by atoms with Crippen molar-refractivity contribution in [3.8, 4) is 0 Å². The molecule has 0 aliphatic rings. The summed E-state index contributed by atoms with van der Waals surface area (Å²) in [7, 11) is 0. The zero-order chi connectivity index (χ0) is 14.7. The predicted octanol–water partition coefficient (Wildman–Crippen LogP) is 5.38. The molecule has 3 heteroatoms. The molecule has 0 heterocycles. The Kier molecular flexibility index (Phi) is 5.42. The Balaban J connectivity index is 2.40. The van der Waals surface area contributed by atoms with Crippen LogP contribution in [0.5, 0.6) is 0 Å². The van der Waals surface area contributed by atoms with Gasteiger partial charge in [0, 0.05) is 8.95 Å². The van der Waals surface area contributed by atoms with Crippen molar-refractivity contribution >= 4 is 31.9 Å². The molecule has 0 spiro atoms. The fourth-order valence-electron chi connectivity index (χ4n) is 2.45. The average Bonchev–Trinajstić information content (AvgIpc) is 2.45. The first-order chi connectivity index (χ1) is 9.56. The number of halogens is 2. The zero-order valence-corrected chi connectivity index (χ0v) is 15.0. The van der Waals surface area contributed by atoms with E-state index in [0.717, 1.165) is 27.4 Å². The van der Waals surface area contributed by atoms with Crippen LogP contribution < -0.4 is 5.73 Å². The lowest BCUT2D eigenvalue weighted by Crippen LogP contribution is -2.13. The van der Waals surface area contributed by atoms with Crippen molar-refractivity contribution in [2.75, 3.05) is 0 Å². The first-order valence-corrected chi connectivity index (χ1v) is 8.47. The number of hydrogen-bond donors (Lipinski definition) is 1. The molecule has 1 unspecified atom stereocenters. The number of hydrogen-bond acceptors (Lipinski definition) is 1. The fraction of sp³-hybridized carbons (Fsp3) is 0.294. The van der Waals surface area contributed by atoms with Gasteiger partial charge >= 0.3 is 0 Å². The molecular weight excluding hydrogens is 378 g/mol. The van der Waals surface area contributed by atoms with Crippen LogP contribution in [0.1, 0.15) is 42.1 Å². The minimum Gasteiger partial charge on any atom is -0.320 e. The van der Waals surface area contributed by atoms with Gasteiger partial charge in [-0.25, -0.2) is 0 Å². The van der Waals surface area contributed by atoms with Crippen LogP contribution in [0.25, 0.3) is 0 Å². The quantitative estimate of drug-likeness (QED) is 0.736. The third-order valence-electron chi connectivity index (χ3n) is 3.65. The molecule has 0 aliphatic heterocycles. The van der Waals surface area contributed by atoms with Crippen molar-refractivity contribution in [1.82, 2.24) is 0 Å². The van der Waals surface area contributed by atoms with Crippen molar-refractivity contribution in [3.63, 3.8) is 0 Å². The van der Waals surface area contributed by atoms with E-state index < -0.39 is 0 Å². The van der Waals surface area contributed by atoms with Gasteiger partial charge in [-0.05, 0) is 47.2 Å². The van der Waals surface area contributed by atoms with E-state index in [9.17, 15) is 0 Å². The zero-order valence-electron chi connectivity index (χ0n) is 11.8. The molecule has 0 aliphatic carbocycles. The second kappa shape index (κ2) is 6.88. The standard InChI is InChI=1S/C17H19Br2N/c1-3-11-5-6-13(9-12(11)4-2)17(20)15-8-7-14(18)10-16(15)19/h5-10,17H,3-4,20H2,1-2H3. The topological polar surface area (TPSA) is 26.0 Å². The minimum absolute atomic E-state index is 0.103. The van der Waals surface area contributed by atoms with Crippen LogP contribution in [0.3, 0.4) is 0 Å². The SMILES string of the molecule is CCc1ccc(C(N)c2ccc(Br)cc2Br)cc1CC. The molecule has 0 amide bonds. The molecule has 0 bridgehead atoms. The van der Waals surface area contributed by atoms with Crippen LogP contribution in [-0.4, -0.2) is 0 Å². The van der Waals surface area contributed by atoms with Crippen molar-refractivity contribution in [2.24, 2.45) is 5.73 Å². The van der Waals surface area contributed by atoms with Gasteiger partial charge in [0.2, 0.25) is 0 Å². The summed E-state index contributed by atoms with van der Waals surface area (Å²) in [4.78, 5) is 0. The van der Waals surface area contributed by atoms with Crippen LogP contribution in [0.2, 0.25) is 0 Å². The van der Waals surface area contributed by atoms with Crippen molar-refractivity contribution in [3.05, 3.63) is 67.6 Å². The highest BCUT2D eigenvalue weighted by Gasteiger charge is 2.13. The van der Waals surface area contributed by atoms with Crippen LogP contribution in [0.15, 0.2) is 45.3 Å². The first-order valence-electron chi connectivity index (χ1n) is 6.89. The molecule has 0 saturated carbocycles. The Bertz CT molecular complexity index is 608. The van der Waals surface area contributed by atoms with E-state index in [4.69, 9.17) is 5.73 Å². The maximum atomic E-state index is 6.44. The van der Waals surface area contributed by atoms with Gasteiger partial charge in [-0.2, -0.15) is 0 Å². The molecule has 1 nitrogen and oxygen atoms in total. The summed E-state index contributed by atoms with van der Waals surface area (Å²) in [5.74, 6) is 0. The molecule has 106 valence electrons. The summed E-state index contributed by atoms with van der Waals surface area (Å²) >= 11 is 7.07. The molecule has 20 heavy (non-hydrogen) atoms. The molecule has 1 atom stereocenters. The molecule has 2 aromatic carbocycles. The van der Waals surface area contributed by atoms with Gasteiger partial charge in [-0.15, -0.1) is 0 Å². The predicted molar refractivity (Wildman–Crippen MR) is 93.1 cm³/mol. The lowest BCUT2D eigenvalue weighted by Gasteiger charge is -2.17. The third kappa shape index (κ3) is 3.33. The molecule has 0 radical (unpaired) electrons. The molecule has 0 fully saturated rings. The van der Waals surface area contributed by atoms with Crippen molar-refractivity contribution in [2.45, 2.75) is 32.7 Å². The van der Waals surface area contributed by atoms with Gasteiger partial charge in [0.05, 0.1) is 6.04 Å². The van der Waals surface area contributed by atoms with Crippen LogP contribution in [0.4, 0.5) is 0 Å². The Morgan fingerprint density at radius 3 is 2.25 bits per heavy atom. The second-order valence-electron chi connectivity index (χ2n) is 4.88. The summed E-state index contributed by atoms with van der Waals surface area (Å²) in [5.41, 5.74) is 11.5. The average molecular weight is 397 g/mol. The number of benzene rings is 2. The van der Waals surface area contributed by atoms with Gasteiger partial charge in [-0.1, -0.05) is 70.0 Å². The molecule has 0 aromatic heterocycles. The van der Waals surface area contributed by atoms with Crippen LogP contribution in [0, 0.1) is 0 Å². The van der Waals surface area contributed by atoms with Gasteiger partial charge in [0.15, 0.2) is 0 Å². The number of rotatable bonds is 4. The Morgan fingerprint density at radius 2 is 1.65 bits per heavy atom. The van der Waals surface area contributed by atoms with Gasteiger partial charge in [0.1, 0.15) is 0 Å². The minimum atomic E-state index is -0.103. The molecule has 2 rings (SSSR count). The highest BCUT2D eigenvalue weighted by atomic mass is 79.9.